The number of nitrogens with one attached hydrogen (secondary N) is 1. The molecule has 0 spiro atoms. The molecule has 0 aromatic rings. The fourth-order valence-corrected chi connectivity index (χ4v) is 1.72. The summed E-state index contributed by atoms with van der Waals surface area (Å²) in [6.45, 7) is 10.5. The molecule has 84 valence electrons. The quantitative estimate of drug-likeness (QED) is 0.664. The molecule has 0 saturated heterocycles. The van der Waals surface area contributed by atoms with Crippen LogP contribution in [0.15, 0.2) is 24.0 Å². The van der Waals surface area contributed by atoms with E-state index in [2.05, 4.69) is 32.2 Å². The number of hydrogen-bond donors (Lipinski definition) is 1. The van der Waals surface area contributed by atoms with Gasteiger partial charge in [0.05, 0.1) is 12.7 Å². The van der Waals surface area contributed by atoms with E-state index in [1.165, 1.54) is 38.6 Å². The van der Waals surface area contributed by atoms with Gasteiger partial charge in [-0.3, -0.25) is 4.90 Å². The normalized spacial score (nSPS) is 18.1. The SMILES string of the molecule is CCCCC1=CC=C[NH+]1CCCC.[C-]#N. The summed E-state index contributed by atoms with van der Waals surface area (Å²) < 4.78 is 0. The summed E-state index contributed by atoms with van der Waals surface area (Å²) in [6.07, 6.45) is 13.4. The molecular formula is C13H22N2. The van der Waals surface area contributed by atoms with Crippen LogP contribution in [0.2, 0.25) is 0 Å². The summed E-state index contributed by atoms with van der Waals surface area (Å²) >= 11 is 0. The minimum absolute atomic E-state index is 1.28. The molecule has 1 rings (SSSR count). The van der Waals surface area contributed by atoms with E-state index in [0.717, 1.165) is 0 Å². The third-order valence-corrected chi connectivity index (χ3v) is 2.61. The summed E-state index contributed by atoms with van der Waals surface area (Å²) in [6, 6.07) is 0. The predicted octanol–water partition coefficient (Wildman–Crippen LogP) is 2.37. The zero-order chi connectivity index (χ0) is 11.5. The molecule has 1 aliphatic heterocycles. The molecular weight excluding hydrogens is 184 g/mol. The van der Waals surface area contributed by atoms with Crippen molar-refractivity contribution in [1.29, 1.82) is 5.26 Å². The summed E-state index contributed by atoms with van der Waals surface area (Å²) in [4.78, 5) is 1.59. The van der Waals surface area contributed by atoms with Gasteiger partial charge in [-0.05, 0) is 18.9 Å². The second kappa shape index (κ2) is 9.48. The lowest BCUT2D eigenvalue weighted by molar-refractivity contribution is -0.804. The minimum Gasteiger partial charge on any atom is -0.512 e. The average molecular weight is 206 g/mol. The first-order chi connectivity index (χ1) is 7.38. The Kier molecular flexibility index (Phi) is 8.81. The molecule has 1 heterocycles. The van der Waals surface area contributed by atoms with Crippen molar-refractivity contribution < 1.29 is 4.90 Å². The van der Waals surface area contributed by atoms with Crippen LogP contribution in [-0.4, -0.2) is 6.54 Å². The second-order valence-electron chi connectivity index (χ2n) is 3.78. The number of unbranched alkanes of at least 4 members (excludes halogenated alkanes) is 2. The van der Waals surface area contributed by atoms with Gasteiger partial charge in [-0.15, -0.1) is 0 Å². The lowest BCUT2D eigenvalue weighted by atomic mass is 10.2. The molecule has 1 unspecified atom stereocenters. The van der Waals surface area contributed by atoms with E-state index in [1.54, 1.807) is 10.6 Å². The Bertz CT molecular complexity index is 226. The van der Waals surface area contributed by atoms with E-state index in [4.69, 9.17) is 11.8 Å². The zero-order valence-corrected chi connectivity index (χ0v) is 9.92. The maximum atomic E-state index is 6.25. The van der Waals surface area contributed by atoms with Crippen LogP contribution in [0.5, 0.6) is 0 Å². The van der Waals surface area contributed by atoms with Gasteiger partial charge in [-0.25, -0.2) is 0 Å². The van der Waals surface area contributed by atoms with E-state index in [1.807, 2.05) is 0 Å². The molecule has 15 heavy (non-hydrogen) atoms. The van der Waals surface area contributed by atoms with Gasteiger partial charge in [0.15, 0.2) is 0 Å². The van der Waals surface area contributed by atoms with Gasteiger partial charge in [0, 0.05) is 12.5 Å². The van der Waals surface area contributed by atoms with Gasteiger partial charge < -0.3 is 11.8 Å². The highest BCUT2D eigenvalue weighted by molar-refractivity contribution is 5.10. The van der Waals surface area contributed by atoms with Crippen molar-refractivity contribution in [3.8, 4) is 0 Å². The number of quaternary nitrogens is 1. The van der Waals surface area contributed by atoms with Crippen LogP contribution >= 0.6 is 0 Å². The lowest BCUT2D eigenvalue weighted by Gasteiger charge is -2.13. The highest BCUT2D eigenvalue weighted by atomic mass is 15.1. The molecule has 0 saturated carbocycles. The van der Waals surface area contributed by atoms with Gasteiger partial charge in [-0.2, -0.15) is 0 Å². The molecule has 2 heteroatoms. The van der Waals surface area contributed by atoms with Crippen molar-refractivity contribution in [2.45, 2.75) is 46.0 Å². The van der Waals surface area contributed by atoms with Crippen molar-refractivity contribution in [1.82, 2.24) is 0 Å². The van der Waals surface area contributed by atoms with E-state index in [0.29, 0.717) is 0 Å². The molecule has 0 aromatic carbocycles. The van der Waals surface area contributed by atoms with E-state index < -0.39 is 0 Å². The largest absolute Gasteiger partial charge is 0.512 e. The Morgan fingerprint density at radius 1 is 1.20 bits per heavy atom. The summed E-state index contributed by atoms with van der Waals surface area (Å²) in [7, 11) is 0. The van der Waals surface area contributed by atoms with Crippen LogP contribution in [-0.2, 0) is 0 Å². The zero-order valence-electron chi connectivity index (χ0n) is 9.92. The van der Waals surface area contributed by atoms with Gasteiger partial charge in [0.2, 0.25) is 0 Å². The first-order valence-electron chi connectivity index (χ1n) is 5.84. The number of allylic oxidation sites excluding steroid dienone is 3. The molecule has 0 radical (unpaired) electrons. The Balaban J connectivity index is 0.000000921. The van der Waals surface area contributed by atoms with Gasteiger partial charge in [-0.1, -0.05) is 26.7 Å². The van der Waals surface area contributed by atoms with Crippen molar-refractivity contribution in [2.24, 2.45) is 0 Å². The molecule has 0 amide bonds. The summed E-state index contributed by atoms with van der Waals surface area (Å²) in [5.74, 6) is 0. The third kappa shape index (κ3) is 5.39. The first-order valence-corrected chi connectivity index (χ1v) is 5.84. The van der Waals surface area contributed by atoms with E-state index >= 15 is 0 Å². The molecule has 0 aromatic heterocycles. The van der Waals surface area contributed by atoms with Crippen molar-refractivity contribution in [3.05, 3.63) is 30.6 Å². The summed E-state index contributed by atoms with van der Waals surface area (Å²) in [5, 5.41) is 6.25. The van der Waals surface area contributed by atoms with Gasteiger partial charge >= 0.3 is 0 Å². The Hall–Kier alpha value is -1.07. The molecule has 1 aliphatic rings. The number of nitrogens with zero attached hydrogens (tertiary/aromatic N) is 1. The molecule has 1 atom stereocenters. The fourth-order valence-electron chi connectivity index (χ4n) is 1.72. The predicted molar refractivity (Wildman–Crippen MR) is 62.5 cm³/mol. The van der Waals surface area contributed by atoms with Crippen LogP contribution in [0, 0.1) is 11.8 Å². The van der Waals surface area contributed by atoms with Crippen LogP contribution in [0.3, 0.4) is 0 Å². The average Bonchev–Trinajstić information content (AvgIpc) is 2.73. The minimum atomic E-state index is 1.28. The first kappa shape index (κ1) is 13.9. The monoisotopic (exact) mass is 206 g/mol. The van der Waals surface area contributed by atoms with E-state index in [9.17, 15) is 0 Å². The maximum absolute atomic E-state index is 6.25. The molecule has 0 fully saturated rings. The molecule has 0 aliphatic carbocycles. The van der Waals surface area contributed by atoms with E-state index in [-0.39, 0.29) is 0 Å². The maximum Gasteiger partial charge on any atom is 0.112 e. The lowest BCUT2D eigenvalue weighted by Crippen LogP contribution is -3.04. The number of rotatable bonds is 6. The second-order valence-corrected chi connectivity index (χ2v) is 3.78. The fraction of sp³-hybridized carbons (Fsp3) is 0.615. The molecule has 2 nitrogen and oxygen atoms in total. The van der Waals surface area contributed by atoms with Crippen LogP contribution in [0.1, 0.15) is 46.0 Å². The Morgan fingerprint density at radius 3 is 2.47 bits per heavy atom. The van der Waals surface area contributed by atoms with Gasteiger partial charge in [0.25, 0.3) is 0 Å². The smallest absolute Gasteiger partial charge is 0.112 e. The topological polar surface area (TPSA) is 28.2 Å². The van der Waals surface area contributed by atoms with Crippen molar-refractivity contribution in [3.63, 3.8) is 0 Å². The standard InChI is InChI=1S/C12H21N.CN/c1-3-5-8-12-9-7-11-13(12)10-6-4-2;1-2/h7,9,11H,3-6,8,10H2,1-2H3;/q;-1/p+1. The highest BCUT2D eigenvalue weighted by Gasteiger charge is 2.14. The number of hydrogen-bond acceptors (Lipinski definition) is 1. The van der Waals surface area contributed by atoms with Crippen LogP contribution < -0.4 is 4.90 Å². The van der Waals surface area contributed by atoms with Gasteiger partial charge in [0.1, 0.15) is 5.70 Å². The Morgan fingerprint density at radius 2 is 1.87 bits per heavy atom. The Labute approximate surface area is 93.9 Å². The molecule has 1 N–H and O–H groups in total. The molecule has 0 bridgehead atoms. The third-order valence-electron chi connectivity index (χ3n) is 2.61. The summed E-state index contributed by atoms with van der Waals surface area (Å²) in [5.41, 5.74) is 1.59. The van der Waals surface area contributed by atoms with Crippen LogP contribution in [0.25, 0.3) is 0 Å². The highest BCUT2D eigenvalue weighted by Crippen LogP contribution is 2.04. The van der Waals surface area contributed by atoms with Crippen molar-refractivity contribution >= 4 is 0 Å². The van der Waals surface area contributed by atoms with Crippen molar-refractivity contribution in [2.75, 3.05) is 6.54 Å². The van der Waals surface area contributed by atoms with Crippen LogP contribution in [0.4, 0.5) is 0 Å².